The molecule has 2 aromatic heterocycles. The number of benzene rings is 1. The molecule has 0 unspecified atom stereocenters. The molecule has 3 heterocycles. The fourth-order valence-electron chi connectivity index (χ4n) is 4.41. The summed E-state index contributed by atoms with van der Waals surface area (Å²) in [7, 11) is -2.43. The largest absolute Gasteiger partial charge is 0.439 e. The Kier molecular flexibility index (Phi) is 9.85. The van der Waals surface area contributed by atoms with Crippen molar-refractivity contribution in [1.82, 2.24) is 29.2 Å². The Morgan fingerprint density at radius 3 is 2.70 bits per heavy atom. The van der Waals surface area contributed by atoms with Crippen molar-refractivity contribution in [2.45, 2.75) is 56.9 Å². The quantitative estimate of drug-likeness (QED) is 0.431. The van der Waals surface area contributed by atoms with Crippen LogP contribution in [0.15, 0.2) is 59.8 Å². The second kappa shape index (κ2) is 13.3. The first kappa shape index (κ1) is 29.6. The van der Waals surface area contributed by atoms with Gasteiger partial charge in [-0.25, -0.2) is 13.4 Å². The number of fused-ring (bicyclic) bond motifs is 2. The number of sulfonamides is 1. The van der Waals surface area contributed by atoms with Gasteiger partial charge >= 0.3 is 0 Å². The minimum absolute atomic E-state index is 0.0151. The van der Waals surface area contributed by atoms with Crippen LogP contribution in [0.5, 0.6) is 11.6 Å². The molecule has 40 heavy (non-hydrogen) atoms. The van der Waals surface area contributed by atoms with E-state index < -0.39 is 16.1 Å². The Balaban J connectivity index is 1.51. The number of carbonyl (C=O) groups excluding carboxylic acids is 1. The number of hydrogen-bond acceptors (Lipinski definition) is 9. The van der Waals surface area contributed by atoms with Crippen molar-refractivity contribution in [3.63, 3.8) is 0 Å². The molecule has 3 aromatic rings. The normalized spacial score (nSPS) is 19.9. The number of ether oxygens (including phenoxy) is 2. The maximum Gasteiger partial charge on any atom is 0.244 e. The lowest BCUT2D eigenvalue weighted by atomic mass is 10.0. The number of aliphatic hydroxyl groups excluding tert-OH is 1. The maximum absolute atomic E-state index is 13.4. The molecule has 1 amide bonds. The summed E-state index contributed by atoms with van der Waals surface area (Å²) in [5.41, 5.74) is 0.618. The van der Waals surface area contributed by atoms with Crippen LogP contribution >= 0.6 is 0 Å². The van der Waals surface area contributed by atoms with Gasteiger partial charge in [-0.05, 0) is 31.5 Å². The third-order valence-corrected chi connectivity index (χ3v) is 8.67. The van der Waals surface area contributed by atoms with Crippen molar-refractivity contribution in [3.05, 3.63) is 60.6 Å². The summed E-state index contributed by atoms with van der Waals surface area (Å²) in [5.74, 6) is 0.522. The van der Waals surface area contributed by atoms with E-state index in [0.29, 0.717) is 37.4 Å². The SMILES string of the molecule is C[C@H]1CN([C@@H](C)CO)C(=O)CCCn2cc(nn2)CO[C@@H]1CN(C)S(=O)(=O)c1ccc(Oc2ccccc2)nc1. The van der Waals surface area contributed by atoms with Crippen molar-refractivity contribution in [3.8, 4) is 11.6 Å². The predicted molar refractivity (Wildman–Crippen MR) is 146 cm³/mol. The maximum atomic E-state index is 13.4. The molecule has 1 aromatic carbocycles. The molecule has 12 nitrogen and oxygen atoms in total. The highest BCUT2D eigenvalue weighted by atomic mass is 32.2. The molecule has 2 bridgehead atoms. The van der Waals surface area contributed by atoms with Gasteiger partial charge in [0.05, 0.1) is 37.8 Å². The summed E-state index contributed by atoms with van der Waals surface area (Å²) in [4.78, 5) is 18.9. The molecule has 0 saturated carbocycles. The number of pyridine rings is 1. The van der Waals surface area contributed by atoms with E-state index in [4.69, 9.17) is 9.47 Å². The third kappa shape index (κ3) is 7.42. The van der Waals surface area contributed by atoms with Gasteiger partial charge in [0.2, 0.25) is 21.8 Å². The number of aliphatic hydroxyl groups is 1. The molecular weight excluding hydrogens is 536 g/mol. The first-order chi connectivity index (χ1) is 19.2. The number of hydrogen-bond donors (Lipinski definition) is 1. The molecule has 216 valence electrons. The number of aromatic nitrogens is 4. The van der Waals surface area contributed by atoms with Crippen molar-refractivity contribution >= 4 is 15.9 Å². The molecule has 1 aliphatic rings. The van der Waals surface area contributed by atoms with Crippen LogP contribution in [-0.2, 0) is 32.7 Å². The molecule has 1 N–H and O–H groups in total. The average molecular weight is 573 g/mol. The van der Waals surface area contributed by atoms with E-state index in [1.807, 2.05) is 25.1 Å². The van der Waals surface area contributed by atoms with Gasteiger partial charge in [0.25, 0.3) is 0 Å². The standard InChI is InChI=1S/C27H36N6O6S/c1-20-15-33(21(2)18-34)27(35)10-7-13-32-16-22(29-30-32)19-38-25(20)17-31(3)40(36,37)24-11-12-26(28-14-24)39-23-8-5-4-6-9-23/h4-6,8-9,11-12,14,16,20-21,25,34H,7,10,13,15,17-19H2,1-3H3/t20-,21-,25+/m0/s1. The molecule has 0 fully saturated rings. The predicted octanol–water partition coefficient (Wildman–Crippen LogP) is 2.31. The van der Waals surface area contributed by atoms with E-state index >= 15 is 0 Å². The number of rotatable bonds is 8. The summed E-state index contributed by atoms with van der Waals surface area (Å²) in [5, 5.41) is 18.0. The van der Waals surface area contributed by atoms with Crippen molar-refractivity contribution < 1.29 is 27.8 Å². The zero-order valence-corrected chi connectivity index (χ0v) is 23.8. The zero-order chi connectivity index (χ0) is 28.7. The van der Waals surface area contributed by atoms with Crippen LogP contribution in [0.1, 0.15) is 32.4 Å². The number of amides is 1. The number of likely N-dealkylation sites (N-methyl/N-ethyl adjacent to an activating group) is 1. The summed E-state index contributed by atoms with van der Waals surface area (Å²) in [6, 6.07) is 11.7. The minimum Gasteiger partial charge on any atom is -0.439 e. The fourth-order valence-corrected chi connectivity index (χ4v) is 5.54. The molecule has 4 rings (SSSR count). The molecule has 0 saturated heterocycles. The van der Waals surface area contributed by atoms with E-state index in [1.165, 1.54) is 29.7 Å². The van der Waals surface area contributed by atoms with E-state index in [1.54, 1.807) is 34.8 Å². The van der Waals surface area contributed by atoms with Crippen LogP contribution in [0.4, 0.5) is 0 Å². The first-order valence-corrected chi connectivity index (χ1v) is 14.7. The first-order valence-electron chi connectivity index (χ1n) is 13.2. The second-order valence-corrected chi connectivity index (χ2v) is 12.1. The molecule has 13 heteroatoms. The summed E-state index contributed by atoms with van der Waals surface area (Å²) >= 11 is 0. The Morgan fingerprint density at radius 1 is 1.23 bits per heavy atom. The fraction of sp³-hybridized carbons (Fsp3) is 0.481. The lowest BCUT2D eigenvalue weighted by molar-refractivity contribution is -0.136. The Labute approximate surface area is 234 Å². The molecule has 0 spiro atoms. The van der Waals surface area contributed by atoms with Crippen LogP contribution in [0.3, 0.4) is 0 Å². The van der Waals surface area contributed by atoms with E-state index in [9.17, 15) is 18.3 Å². The third-order valence-electron chi connectivity index (χ3n) is 6.87. The highest BCUT2D eigenvalue weighted by Gasteiger charge is 2.31. The lowest BCUT2D eigenvalue weighted by Crippen LogP contribution is -2.47. The van der Waals surface area contributed by atoms with Crippen LogP contribution in [-0.4, -0.2) is 87.5 Å². The van der Waals surface area contributed by atoms with Gasteiger partial charge in [0.15, 0.2) is 0 Å². The Bertz CT molecular complexity index is 1350. The van der Waals surface area contributed by atoms with Crippen LogP contribution in [0.25, 0.3) is 0 Å². The van der Waals surface area contributed by atoms with Crippen LogP contribution < -0.4 is 4.74 Å². The summed E-state index contributed by atoms with van der Waals surface area (Å²) < 4.78 is 41.6. The van der Waals surface area contributed by atoms with Crippen molar-refractivity contribution in [2.24, 2.45) is 5.92 Å². The van der Waals surface area contributed by atoms with Crippen molar-refractivity contribution in [2.75, 3.05) is 26.7 Å². The minimum atomic E-state index is -3.91. The summed E-state index contributed by atoms with van der Waals surface area (Å²) in [6.07, 6.45) is 3.33. The number of nitrogens with zero attached hydrogens (tertiary/aromatic N) is 6. The van der Waals surface area contributed by atoms with Gasteiger partial charge in [-0.1, -0.05) is 30.3 Å². The molecule has 3 atom stereocenters. The second-order valence-electron chi connectivity index (χ2n) is 10.0. The van der Waals surface area contributed by atoms with E-state index in [2.05, 4.69) is 15.3 Å². The number of aryl methyl sites for hydroxylation is 1. The van der Waals surface area contributed by atoms with E-state index in [-0.39, 0.29) is 48.4 Å². The van der Waals surface area contributed by atoms with Gasteiger partial charge in [-0.2, -0.15) is 4.31 Å². The Hall–Kier alpha value is -3.39. The highest BCUT2D eigenvalue weighted by molar-refractivity contribution is 7.89. The van der Waals surface area contributed by atoms with Gasteiger partial charge in [0, 0.05) is 45.1 Å². The van der Waals surface area contributed by atoms with Crippen LogP contribution in [0.2, 0.25) is 0 Å². The van der Waals surface area contributed by atoms with Gasteiger partial charge in [-0.3, -0.25) is 9.48 Å². The van der Waals surface area contributed by atoms with Crippen LogP contribution in [0, 0.1) is 5.92 Å². The molecule has 0 aliphatic carbocycles. The average Bonchev–Trinajstić information content (AvgIpc) is 3.41. The summed E-state index contributed by atoms with van der Waals surface area (Å²) in [6.45, 7) is 4.51. The zero-order valence-electron chi connectivity index (χ0n) is 23.0. The molecule has 0 radical (unpaired) electrons. The van der Waals surface area contributed by atoms with Gasteiger partial charge in [-0.15, -0.1) is 5.10 Å². The highest BCUT2D eigenvalue weighted by Crippen LogP contribution is 2.23. The molecule has 1 aliphatic heterocycles. The van der Waals surface area contributed by atoms with E-state index in [0.717, 1.165) is 0 Å². The lowest BCUT2D eigenvalue weighted by Gasteiger charge is -2.35. The molecular formula is C27H36N6O6S. The monoisotopic (exact) mass is 572 g/mol. The van der Waals surface area contributed by atoms with Gasteiger partial charge in [0.1, 0.15) is 16.3 Å². The topological polar surface area (TPSA) is 140 Å². The smallest absolute Gasteiger partial charge is 0.244 e. The Morgan fingerprint density at radius 2 is 2.00 bits per heavy atom. The van der Waals surface area contributed by atoms with Crippen molar-refractivity contribution in [1.29, 1.82) is 0 Å². The number of carbonyl (C=O) groups is 1. The number of para-hydroxylation sites is 1. The van der Waals surface area contributed by atoms with Gasteiger partial charge < -0.3 is 19.5 Å².